The van der Waals surface area contributed by atoms with Crippen LogP contribution in [0.25, 0.3) is 105 Å². The summed E-state index contributed by atoms with van der Waals surface area (Å²) < 4.78 is 11.4. The molecule has 0 radical (unpaired) electrons. The lowest BCUT2D eigenvalue weighted by atomic mass is 9.93. The van der Waals surface area contributed by atoms with Crippen molar-refractivity contribution < 1.29 is 4.42 Å². The predicted octanol–water partition coefficient (Wildman–Crippen LogP) is 15.3. The second kappa shape index (κ2) is 13.5. The van der Waals surface area contributed by atoms with Crippen molar-refractivity contribution in [1.29, 1.82) is 0 Å². The molecule has 3 heteroatoms. The molecular weight excluding hydrogens is 705 g/mol. The highest BCUT2D eigenvalue weighted by Gasteiger charge is 2.19. The molecule has 0 unspecified atom stereocenters. The molecule has 0 bridgehead atoms. The van der Waals surface area contributed by atoms with Gasteiger partial charge in [0.2, 0.25) is 0 Å². The van der Waals surface area contributed by atoms with Crippen LogP contribution in [0.15, 0.2) is 211 Å². The van der Waals surface area contributed by atoms with Crippen LogP contribution in [-0.2, 0) is 0 Å². The fourth-order valence-electron chi connectivity index (χ4n) is 8.99. The third kappa shape index (κ3) is 5.28. The molecule has 0 aliphatic heterocycles. The summed E-state index contributed by atoms with van der Waals surface area (Å²) in [6.45, 7) is 6.43. The number of furan rings is 1. The minimum absolute atomic E-state index is 0.872. The van der Waals surface area contributed by atoms with Gasteiger partial charge in [0.15, 0.2) is 0 Å². The number of nitrogens with zero attached hydrogens (tertiary/aromatic N) is 2. The smallest absolute Gasteiger partial charge is 0.143 e. The molecule has 0 fully saturated rings. The highest BCUT2D eigenvalue weighted by molar-refractivity contribution is 6.13. The Morgan fingerprint density at radius 3 is 1.76 bits per heavy atom. The largest absolute Gasteiger partial charge is 0.455 e. The fraction of sp³-hybridized carbons (Fsp3) is 0.0182. The van der Waals surface area contributed by atoms with Crippen LogP contribution in [0.3, 0.4) is 0 Å². The lowest BCUT2D eigenvalue weighted by Crippen LogP contribution is -1.96. The van der Waals surface area contributed by atoms with Crippen LogP contribution < -0.4 is 0 Å². The Morgan fingerprint density at radius 1 is 0.483 bits per heavy atom. The van der Waals surface area contributed by atoms with Crippen LogP contribution in [0.4, 0.5) is 0 Å². The third-order valence-corrected chi connectivity index (χ3v) is 11.7. The van der Waals surface area contributed by atoms with Crippen molar-refractivity contribution in [2.75, 3.05) is 0 Å². The first-order chi connectivity index (χ1) is 28.7. The fourth-order valence-corrected chi connectivity index (χ4v) is 8.99. The second-order valence-electron chi connectivity index (χ2n) is 14.9. The maximum absolute atomic E-state index is 6.70. The number of aromatic nitrogens is 2. The maximum atomic E-state index is 6.70. The van der Waals surface area contributed by atoms with Crippen LogP contribution in [0.2, 0.25) is 0 Å². The number of hydrogen-bond donors (Lipinski definition) is 0. The Balaban J connectivity index is 1.07. The molecule has 11 rings (SSSR count). The summed E-state index contributed by atoms with van der Waals surface area (Å²) in [7, 11) is 0. The van der Waals surface area contributed by atoms with E-state index >= 15 is 0 Å². The summed E-state index contributed by atoms with van der Waals surface area (Å²) >= 11 is 0. The molecule has 0 atom stereocenters. The van der Waals surface area contributed by atoms with Gasteiger partial charge in [-0.3, -0.25) is 0 Å². The Labute approximate surface area is 336 Å². The molecule has 8 aromatic carbocycles. The van der Waals surface area contributed by atoms with E-state index in [1.54, 1.807) is 0 Å². The van der Waals surface area contributed by atoms with Crippen molar-refractivity contribution in [3.8, 4) is 27.9 Å². The molecule has 3 nitrogen and oxygen atoms in total. The Kier molecular flexibility index (Phi) is 7.87. The zero-order valence-corrected chi connectivity index (χ0v) is 32.1. The van der Waals surface area contributed by atoms with Crippen LogP contribution in [-0.4, -0.2) is 9.13 Å². The Hall–Kier alpha value is -7.62. The molecule has 11 aromatic rings. The van der Waals surface area contributed by atoms with Gasteiger partial charge in [-0.2, -0.15) is 0 Å². The first-order valence-corrected chi connectivity index (χ1v) is 19.8. The number of fused-ring (bicyclic) bond motifs is 9. The van der Waals surface area contributed by atoms with Gasteiger partial charge in [0.1, 0.15) is 11.2 Å². The molecule has 0 amide bonds. The molecule has 0 aliphatic carbocycles. The first kappa shape index (κ1) is 33.7. The first-order valence-electron chi connectivity index (χ1n) is 19.8. The summed E-state index contributed by atoms with van der Waals surface area (Å²) in [5.41, 5.74) is 15.3. The van der Waals surface area contributed by atoms with Crippen LogP contribution in [0, 0.1) is 0 Å². The van der Waals surface area contributed by atoms with E-state index in [-0.39, 0.29) is 0 Å². The van der Waals surface area contributed by atoms with E-state index in [0.717, 1.165) is 66.6 Å². The van der Waals surface area contributed by atoms with Crippen molar-refractivity contribution in [1.82, 2.24) is 9.13 Å². The number of allylic oxidation sites excluding steroid dienone is 5. The minimum atomic E-state index is 0.872. The number of benzene rings is 8. The Bertz CT molecular complexity index is 3420. The van der Waals surface area contributed by atoms with E-state index in [1.807, 2.05) is 12.1 Å². The highest BCUT2D eigenvalue weighted by atomic mass is 16.3. The van der Waals surface area contributed by atoms with Crippen LogP contribution >= 0.6 is 0 Å². The van der Waals surface area contributed by atoms with Crippen molar-refractivity contribution in [2.45, 2.75) is 6.92 Å². The summed E-state index contributed by atoms with van der Waals surface area (Å²) in [5.74, 6) is 0. The second-order valence-corrected chi connectivity index (χ2v) is 14.9. The van der Waals surface area contributed by atoms with Gasteiger partial charge < -0.3 is 13.6 Å². The Morgan fingerprint density at radius 2 is 1.05 bits per heavy atom. The van der Waals surface area contributed by atoms with Gasteiger partial charge in [-0.05, 0) is 114 Å². The molecule has 58 heavy (non-hydrogen) atoms. The van der Waals surface area contributed by atoms with Gasteiger partial charge in [0, 0.05) is 49.3 Å². The lowest BCUT2D eigenvalue weighted by molar-refractivity contribution is 0.668. The molecule has 3 heterocycles. The van der Waals surface area contributed by atoms with E-state index in [1.165, 1.54) is 43.7 Å². The topological polar surface area (TPSA) is 23.0 Å². The predicted molar refractivity (Wildman–Crippen MR) is 246 cm³/mol. The number of hydrogen-bond acceptors (Lipinski definition) is 1. The molecule has 0 saturated heterocycles. The standard InChI is InChI=1S/C55H38N2O/c1-3-36(32-41(4-2)56-50-25-12-8-21-43(50)44-22-9-13-26-51(44)56)47-34-40(35-49-46-24-11-15-28-54(46)58-55(47)49)38-18-16-17-37(31-38)39-29-30-53-48(33-39)45-23-10-14-27-52(45)57(53)42-19-6-5-7-20-42/h3-35H,2H2,1H3/b36-3+,41-32+. The quantitative estimate of drug-likeness (QED) is 0.149. The highest BCUT2D eigenvalue weighted by Crippen LogP contribution is 2.41. The van der Waals surface area contributed by atoms with Gasteiger partial charge in [-0.25, -0.2) is 0 Å². The van der Waals surface area contributed by atoms with E-state index < -0.39 is 0 Å². The SMILES string of the molecule is C=C/C(=C\C(=C/C)c1cc(-c2cccc(-c3ccc4c(c3)c3ccccc3n4-c3ccccc3)c2)cc2c1oc1ccccc12)n1c2ccccc2c2ccccc21. The summed E-state index contributed by atoms with van der Waals surface area (Å²) in [6, 6.07) is 65.2. The number of para-hydroxylation sites is 5. The lowest BCUT2D eigenvalue weighted by Gasteiger charge is -2.13. The zero-order valence-electron chi connectivity index (χ0n) is 32.1. The van der Waals surface area contributed by atoms with Crippen molar-refractivity contribution in [3.05, 3.63) is 212 Å². The summed E-state index contributed by atoms with van der Waals surface area (Å²) in [4.78, 5) is 0. The zero-order chi connectivity index (χ0) is 38.7. The van der Waals surface area contributed by atoms with Crippen LogP contribution in [0.1, 0.15) is 12.5 Å². The monoisotopic (exact) mass is 742 g/mol. The average molecular weight is 743 g/mol. The summed E-state index contributed by atoms with van der Waals surface area (Å²) in [5, 5.41) is 7.11. The average Bonchev–Trinajstić information content (AvgIpc) is 3.95. The molecule has 3 aromatic heterocycles. The van der Waals surface area contributed by atoms with E-state index in [9.17, 15) is 0 Å². The molecule has 0 spiro atoms. The van der Waals surface area contributed by atoms with Gasteiger partial charge in [-0.1, -0.05) is 128 Å². The number of rotatable bonds is 7. The summed E-state index contributed by atoms with van der Waals surface area (Å²) in [6.07, 6.45) is 6.38. The third-order valence-electron chi connectivity index (χ3n) is 11.7. The molecule has 0 saturated carbocycles. The van der Waals surface area contributed by atoms with E-state index in [2.05, 4.69) is 211 Å². The molecule has 274 valence electrons. The van der Waals surface area contributed by atoms with Crippen molar-refractivity contribution >= 4 is 76.8 Å². The van der Waals surface area contributed by atoms with Crippen LogP contribution in [0.5, 0.6) is 0 Å². The molecular formula is C55H38N2O. The van der Waals surface area contributed by atoms with Gasteiger partial charge in [0.25, 0.3) is 0 Å². The molecule has 0 aliphatic rings. The van der Waals surface area contributed by atoms with Gasteiger partial charge >= 0.3 is 0 Å². The van der Waals surface area contributed by atoms with Gasteiger partial charge in [-0.15, -0.1) is 0 Å². The van der Waals surface area contributed by atoms with E-state index in [4.69, 9.17) is 4.42 Å². The molecule has 0 N–H and O–H groups in total. The van der Waals surface area contributed by atoms with Gasteiger partial charge in [0.05, 0.1) is 22.1 Å². The van der Waals surface area contributed by atoms with Crippen molar-refractivity contribution in [3.63, 3.8) is 0 Å². The normalized spacial score (nSPS) is 12.5. The maximum Gasteiger partial charge on any atom is 0.143 e. The minimum Gasteiger partial charge on any atom is -0.455 e. The van der Waals surface area contributed by atoms with Crippen molar-refractivity contribution in [2.24, 2.45) is 0 Å². The van der Waals surface area contributed by atoms with E-state index in [0.29, 0.717) is 0 Å².